The van der Waals surface area contributed by atoms with E-state index in [2.05, 4.69) is 15.4 Å². The van der Waals surface area contributed by atoms with Gasteiger partial charge in [0.15, 0.2) is 23.1 Å². The topological polar surface area (TPSA) is 82.2 Å². The Morgan fingerprint density at radius 2 is 1.82 bits per heavy atom. The highest BCUT2D eigenvalue weighted by molar-refractivity contribution is 6.31. The van der Waals surface area contributed by atoms with Crippen LogP contribution in [0.4, 0.5) is 23.5 Å². The number of benzene rings is 2. The number of carbonyl (C=O) groups excluding carboxylic acids is 1. The summed E-state index contributed by atoms with van der Waals surface area (Å²) in [6.45, 7) is -0.257. The SMILES string of the molecule is O=C(Nc1ncn(Cc2ccccc2Cl)n1)c1ccc(COc2c(F)c(F)cc(F)c2F)o1. The normalized spacial score (nSPS) is 10.9. The van der Waals surface area contributed by atoms with E-state index in [0.717, 1.165) is 5.56 Å². The molecule has 1 amide bonds. The highest BCUT2D eigenvalue weighted by atomic mass is 35.5. The van der Waals surface area contributed by atoms with E-state index >= 15 is 0 Å². The average Bonchev–Trinajstić information content (AvgIpc) is 3.44. The lowest BCUT2D eigenvalue weighted by atomic mass is 10.2. The number of halogens is 5. The summed E-state index contributed by atoms with van der Waals surface area (Å²) in [5.74, 6) is -8.72. The summed E-state index contributed by atoms with van der Waals surface area (Å²) < 4.78 is 65.3. The molecule has 1 N–H and O–H groups in total. The fraction of sp³-hybridized carbons (Fsp3) is 0.0952. The molecular weight excluding hydrogens is 468 g/mol. The van der Waals surface area contributed by atoms with Crippen molar-refractivity contribution in [2.75, 3.05) is 5.32 Å². The molecule has 4 aromatic rings. The largest absolute Gasteiger partial charge is 0.479 e. The number of carbonyl (C=O) groups is 1. The molecule has 0 unspecified atom stereocenters. The van der Waals surface area contributed by atoms with Gasteiger partial charge in [0, 0.05) is 11.1 Å². The fourth-order valence-electron chi connectivity index (χ4n) is 2.79. The number of anilines is 1. The van der Waals surface area contributed by atoms with E-state index in [0.29, 0.717) is 11.6 Å². The maximum absolute atomic E-state index is 13.7. The average molecular weight is 481 g/mol. The summed E-state index contributed by atoms with van der Waals surface area (Å²) in [4.78, 5) is 16.3. The standard InChI is InChI=1S/C21H13ClF4N4O3/c22-13-4-2-1-3-11(13)8-30-10-27-21(29-30)28-20(31)16-6-5-12(33-16)9-32-19-17(25)14(23)7-15(24)18(19)26/h1-7,10H,8-9H2,(H,28,29,31). The minimum Gasteiger partial charge on any atom is -0.479 e. The van der Waals surface area contributed by atoms with E-state index in [4.69, 9.17) is 20.8 Å². The van der Waals surface area contributed by atoms with Crippen molar-refractivity contribution in [3.63, 3.8) is 0 Å². The van der Waals surface area contributed by atoms with Crippen LogP contribution >= 0.6 is 11.6 Å². The van der Waals surface area contributed by atoms with Crippen LogP contribution in [0, 0.1) is 23.3 Å². The second-order valence-electron chi connectivity index (χ2n) is 6.66. The second-order valence-corrected chi connectivity index (χ2v) is 7.07. The molecule has 0 radical (unpaired) electrons. The number of nitrogens with zero attached hydrogens (tertiary/aromatic N) is 3. The molecule has 0 aliphatic carbocycles. The number of nitrogens with one attached hydrogen (secondary N) is 1. The number of ether oxygens (including phenoxy) is 1. The molecular formula is C21H13ClF4N4O3. The fourth-order valence-corrected chi connectivity index (χ4v) is 2.99. The predicted molar refractivity (Wildman–Crippen MR) is 108 cm³/mol. The maximum atomic E-state index is 13.7. The Morgan fingerprint density at radius 3 is 2.55 bits per heavy atom. The maximum Gasteiger partial charge on any atom is 0.293 e. The first-order valence-electron chi connectivity index (χ1n) is 9.30. The van der Waals surface area contributed by atoms with Crippen molar-refractivity contribution in [2.45, 2.75) is 13.2 Å². The molecule has 0 aliphatic heterocycles. The zero-order valence-corrected chi connectivity index (χ0v) is 17.2. The first kappa shape index (κ1) is 22.3. The molecule has 7 nitrogen and oxygen atoms in total. The van der Waals surface area contributed by atoms with E-state index < -0.39 is 41.5 Å². The smallest absolute Gasteiger partial charge is 0.293 e. The van der Waals surface area contributed by atoms with Crippen molar-refractivity contribution in [2.24, 2.45) is 0 Å². The monoisotopic (exact) mass is 480 g/mol. The van der Waals surface area contributed by atoms with Gasteiger partial charge in [0.2, 0.25) is 17.6 Å². The van der Waals surface area contributed by atoms with Crippen LogP contribution in [0.15, 0.2) is 53.2 Å². The highest BCUT2D eigenvalue weighted by Gasteiger charge is 2.21. The molecule has 0 saturated heterocycles. The van der Waals surface area contributed by atoms with Crippen LogP contribution in [0.3, 0.4) is 0 Å². The summed E-state index contributed by atoms with van der Waals surface area (Å²) in [7, 11) is 0. The zero-order chi connectivity index (χ0) is 23.5. The molecule has 0 aliphatic rings. The van der Waals surface area contributed by atoms with Gasteiger partial charge in [-0.2, -0.15) is 8.78 Å². The molecule has 12 heteroatoms. The van der Waals surface area contributed by atoms with Gasteiger partial charge >= 0.3 is 0 Å². The Bertz CT molecular complexity index is 1300. The van der Waals surface area contributed by atoms with E-state index in [1.54, 1.807) is 12.1 Å². The van der Waals surface area contributed by atoms with Crippen LogP contribution in [-0.4, -0.2) is 20.7 Å². The number of furan rings is 1. The number of rotatable bonds is 7. The van der Waals surface area contributed by atoms with Crippen LogP contribution in [0.2, 0.25) is 5.02 Å². The molecule has 0 atom stereocenters. The molecule has 0 bridgehead atoms. The minimum absolute atomic E-state index is 0.000585. The Morgan fingerprint density at radius 1 is 1.09 bits per heavy atom. The molecule has 33 heavy (non-hydrogen) atoms. The van der Waals surface area contributed by atoms with Gasteiger partial charge in [0.25, 0.3) is 5.91 Å². The lowest BCUT2D eigenvalue weighted by Gasteiger charge is -2.08. The van der Waals surface area contributed by atoms with Crippen LogP contribution in [0.25, 0.3) is 0 Å². The van der Waals surface area contributed by atoms with Gasteiger partial charge in [-0.3, -0.25) is 10.1 Å². The third kappa shape index (κ3) is 4.98. The summed E-state index contributed by atoms with van der Waals surface area (Å²) >= 11 is 6.11. The third-order valence-electron chi connectivity index (χ3n) is 4.37. The number of hydrogen-bond acceptors (Lipinski definition) is 5. The van der Waals surface area contributed by atoms with E-state index in [1.165, 1.54) is 23.1 Å². The molecule has 0 spiro atoms. The van der Waals surface area contributed by atoms with Gasteiger partial charge in [0.05, 0.1) is 6.54 Å². The Labute approximate surface area is 188 Å². The molecule has 2 aromatic carbocycles. The van der Waals surface area contributed by atoms with Gasteiger partial charge in [-0.25, -0.2) is 18.4 Å². The van der Waals surface area contributed by atoms with Crippen LogP contribution in [-0.2, 0) is 13.2 Å². The number of amides is 1. The molecule has 4 rings (SSSR count). The summed E-state index contributed by atoms with van der Waals surface area (Å²) in [5.41, 5.74) is 0.809. The Kier molecular flexibility index (Phi) is 6.31. The quantitative estimate of drug-likeness (QED) is 0.299. The molecule has 2 heterocycles. The van der Waals surface area contributed by atoms with E-state index in [-0.39, 0.29) is 23.5 Å². The minimum atomic E-state index is -1.68. The molecule has 170 valence electrons. The van der Waals surface area contributed by atoms with Crippen molar-refractivity contribution in [3.8, 4) is 5.75 Å². The van der Waals surface area contributed by atoms with Gasteiger partial charge < -0.3 is 9.15 Å². The van der Waals surface area contributed by atoms with Crippen molar-refractivity contribution in [1.29, 1.82) is 0 Å². The lowest BCUT2D eigenvalue weighted by molar-refractivity contribution is 0.0991. The lowest BCUT2D eigenvalue weighted by Crippen LogP contribution is -2.12. The van der Waals surface area contributed by atoms with Gasteiger partial charge in [-0.1, -0.05) is 29.8 Å². The highest BCUT2D eigenvalue weighted by Crippen LogP contribution is 2.27. The van der Waals surface area contributed by atoms with Crippen LogP contribution in [0.5, 0.6) is 5.75 Å². The number of hydrogen-bond donors (Lipinski definition) is 1. The Balaban J connectivity index is 1.38. The Hall–Kier alpha value is -3.86. The van der Waals surface area contributed by atoms with Gasteiger partial charge in [-0.05, 0) is 23.8 Å². The summed E-state index contributed by atoms with van der Waals surface area (Å²) in [6, 6.07) is 9.82. The third-order valence-corrected chi connectivity index (χ3v) is 4.74. The van der Waals surface area contributed by atoms with Crippen molar-refractivity contribution >= 4 is 23.5 Å². The summed E-state index contributed by atoms with van der Waals surface area (Å²) in [5, 5.41) is 7.12. The van der Waals surface area contributed by atoms with E-state index in [9.17, 15) is 22.4 Å². The predicted octanol–water partition coefficient (Wildman–Crippen LogP) is 4.96. The summed E-state index contributed by atoms with van der Waals surface area (Å²) in [6.07, 6.45) is 1.40. The first-order valence-corrected chi connectivity index (χ1v) is 9.68. The molecule has 0 fully saturated rings. The van der Waals surface area contributed by atoms with Crippen LogP contribution in [0.1, 0.15) is 21.9 Å². The van der Waals surface area contributed by atoms with Gasteiger partial charge in [0.1, 0.15) is 18.7 Å². The van der Waals surface area contributed by atoms with Gasteiger partial charge in [-0.15, -0.1) is 5.10 Å². The molecule has 0 saturated carbocycles. The first-order chi connectivity index (χ1) is 15.8. The second kappa shape index (κ2) is 9.33. The number of aromatic nitrogens is 3. The van der Waals surface area contributed by atoms with Crippen molar-refractivity contribution in [3.05, 3.63) is 94.2 Å². The molecule has 2 aromatic heterocycles. The van der Waals surface area contributed by atoms with Crippen LogP contribution < -0.4 is 10.1 Å². The van der Waals surface area contributed by atoms with Crippen molar-refractivity contribution < 1.29 is 31.5 Å². The zero-order valence-electron chi connectivity index (χ0n) is 16.5. The van der Waals surface area contributed by atoms with E-state index in [1.807, 2.05) is 12.1 Å². The van der Waals surface area contributed by atoms with Crippen molar-refractivity contribution in [1.82, 2.24) is 14.8 Å².